The molecule has 25 heavy (non-hydrogen) atoms. The Bertz CT molecular complexity index is 752. The normalized spacial score (nSPS) is 22.2. The van der Waals surface area contributed by atoms with Crippen LogP contribution in [0, 0.1) is 0 Å². The van der Waals surface area contributed by atoms with E-state index in [-0.39, 0.29) is 23.3 Å². The third-order valence-corrected chi connectivity index (χ3v) is 6.21. The molecule has 130 valence electrons. The molecule has 2 aromatic heterocycles. The molecule has 4 heterocycles. The lowest BCUT2D eigenvalue weighted by molar-refractivity contribution is -0.132. The zero-order chi connectivity index (χ0) is 17.3. The molecule has 0 aromatic carbocycles. The van der Waals surface area contributed by atoms with Gasteiger partial charge >= 0.3 is 0 Å². The fourth-order valence-electron chi connectivity index (χ4n) is 4.12. The van der Waals surface area contributed by atoms with Gasteiger partial charge in [0.15, 0.2) is 0 Å². The first kappa shape index (κ1) is 16.3. The van der Waals surface area contributed by atoms with Gasteiger partial charge in [0.1, 0.15) is 0 Å². The van der Waals surface area contributed by atoms with Crippen molar-refractivity contribution in [2.45, 2.75) is 37.1 Å². The Kier molecular flexibility index (Phi) is 4.29. The van der Waals surface area contributed by atoms with Gasteiger partial charge in [0.2, 0.25) is 11.8 Å². The molecule has 2 saturated heterocycles. The Labute approximate surface area is 151 Å². The van der Waals surface area contributed by atoms with E-state index in [4.69, 9.17) is 0 Å². The van der Waals surface area contributed by atoms with Gasteiger partial charge in [-0.05, 0) is 46.9 Å². The number of nitrogens with one attached hydrogen (secondary N) is 1. The van der Waals surface area contributed by atoms with E-state index in [1.165, 1.54) is 0 Å². The fraction of sp³-hybridized carbons (Fsp3) is 0.421. The van der Waals surface area contributed by atoms with Crippen LogP contribution in [0.15, 0.2) is 41.4 Å². The summed E-state index contributed by atoms with van der Waals surface area (Å²) in [7, 11) is 0. The van der Waals surface area contributed by atoms with Gasteiger partial charge in [0.25, 0.3) is 0 Å². The van der Waals surface area contributed by atoms with Crippen LogP contribution in [0.1, 0.15) is 36.3 Å². The molecular formula is C19H21N3O2S. The standard InChI is InChI=1S/C19H21N3O2S/c23-17-11-16(15-2-1-6-20-12-15)19(21-17)4-7-22(8-5-19)18(24)10-14-3-9-25-13-14/h1-3,6,9,12-13,16H,4-5,7-8,10-11H2,(H,21,23)/t16-/m1/s1. The predicted octanol–water partition coefficient (Wildman–Crippen LogP) is 2.35. The Hall–Kier alpha value is -2.21. The summed E-state index contributed by atoms with van der Waals surface area (Å²) < 4.78 is 0. The number of pyridine rings is 1. The fourth-order valence-corrected chi connectivity index (χ4v) is 4.79. The molecule has 2 fully saturated rings. The number of hydrogen-bond acceptors (Lipinski definition) is 4. The molecule has 1 N–H and O–H groups in total. The van der Waals surface area contributed by atoms with Gasteiger partial charge in [-0.25, -0.2) is 0 Å². The minimum atomic E-state index is -0.237. The lowest BCUT2D eigenvalue weighted by Crippen LogP contribution is -2.54. The molecule has 0 radical (unpaired) electrons. The summed E-state index contributed by atoms with van der Waals surface area (Å²) >= 11 is 1.62. The molecule has 0 unspecified atom stereocenters. The number of piperidine rings is 1. The van der Waals surface area contributed by atoms with Crippen LogP contribution in [0.3, 0.4) is 0 Å². The van der Waals surface area contributed by atoms with E-state index in [2.05, 4.69) is 10.3 Å². The number of aromatic nitrogens is 1. The molecule has 0 bridgehead atoms. The number of amides is 2. The molecule has 5 nitrogen and oxygen atoms in total. The first-order valence-corrected chi connectivity index (χ1v) is 9.60. The van der Waals surface area contributed by atoms with Crippen molar-refractivity contribution in [3.8, 4) is 0 Å². The Balaban J connectivity index is 1.46. The summed E-state index contributed by atoms with van der Waals surface area (Å²) in [6.07, 6.45) is 6.19. The van der Waals surface area contributed by atoms with Crippen molar-refractivity contribution in [3.05, 3.63) is 52.5 Å². The molecule has 2 amide bonds. The summed E-state index contributed by atoms with van der Waals surface area (Å²) in [6, 6.07) is 5.97. The highest BCUT2D eigenvalue weighted by atomic mass is 32.1. The lowest BCUT2D eigenvalue weighted by Gasteiger charge is -2.43. The second-order valence-electron chi connectivity index (χ2n) is 6.94. The molecule has 2 aromatic rings. The highest BCUT2D eigenvalue weighted by Crippen LogP contribution is 2.42. The Morgan fingerprint density at radius 3 is 2.88 bits per heavy atom. The van der Waals surface area contributed by atoms with E-state index < -0.39 is 0 Å². The van der Waals surface area contributed by atoms with Crippen LogP contribution in [0.2, 0.25) is 0 Å². The van der Waals surface area contributed by atoms with E-state index in [9.17, 15) is 9.59 Å². The lowest BCUT2D eigenvalue weighted by atomic mass is 9.74. The molecular weight excluding hydrogens is 334 g/mol. The molecule has 1 spiro atoms. The summed E-state index contributed by atoms with van der Waals surface area (Å²) in [6.45, 7) is 1.39. The number of thiophene rings is 1. The number of nitrogens with zero attached hydrogens (tertiary/aromatic N) is 2. The number of carbonyl (C=O) groups is 2. The summed E-state index contributed by atoms with van der Waals surface area (Å²) in [5, 5.41) is 7.25. The van der Waals surface area contributed by atoms with Crippen molar-refractivity contribution in [2.24, 2.45) is 0 Å². The van der Waals surface area contributed by atoms with Crippen molar-refractivity contribution in [1.29, 1.82) is 0 Å². The van der Waals surface area contributed by atoms with E-state index in [1.54, 1.807) is 17.5 Å². The van der Waals surface area contributed by atoms with Crippen LogP contribution in [0.25, 0.3) is 0 Å². The number of likely N-dealkylation sites (tertiary alicyclic amines) is 1. The van der Waals surface area contributed by atoms with Crippen molar-refractivity contribution >= 4 is 23.2 Å². The topological polar surface area (TPSA) is 62.3 Å². The molecule has 1 atom stereocenters. The zero-order valence-electron chi connectivity index (χ0n) is 14.0. The molecule has 2 aliphatic rings. The van der Waals surface area contributed by atoms with E-state index >= 15 is 0 Å². The molecule has 0 aliphatic carbocycles. The van der Waals surface area contributed by atoms with Gasteiger partial charge in [-0.15, -0.1) is 0 Å². The highest BCUT2D eigenvalue weighted by molar-refractivity contribution is 7.08. The first-order valence-electron chi connectivity index (χ1n) is 8.66. The third kappa shape index (κ3) is 3.18. The van der Waals surface area contributed by atoms with Gasteiger partial charge in [-0.2, -0.15) is 11.3 Å². The van der Waals surface area contributed by atoms with Crippen LogP contribution in [0.5, 0.6) is 0 Å². The summed E-state index contributed by atoms with van der Waals surface area (Å²) in [5.74, 6) is 0.422. The largest absolute Gasteiger partial charge is 0.350 e. The second-order valence-corrected chi connectivity index (χ2v) is 7.72. The van der Waals surface area contributed by atoms with Crippen LogP contribution in [-0.4, -0.2) is 40.3 Å². The average molecular weight is 355 g/mol. The average Bonchev–Trinajstić information content (AvgIpc) is 3.24. The maximum atomic E-state index is 12.5. The third-order valence-electron chi connectivity index (χ3n) is 5.48. The number of rotatable bonds is 3. The maximum Gasteiger partial charge on any atom is 0.227 e. The predicted molar refractivity (Wildman–Crippen MR) is 96.3 cm³/mol. The van der Waals surface area contributed by atoms with Crippen LogP contribution in [-0.2, 0) is 16.0 Å². The molecule has 0 saturated carbocycles. The Morgan fingerprint density at radius 2 is 2.20 bits per heavy atom. The molecule has 4 rings (SSSR count). The van der Waals surface area contributed by atoms with E-state index in [1.807, 2.05) is 40.1 Å². The van der Waals surface area contributed by atoms with Crippen molar-refractivity contribution in [2.75, 3.05) is 13.1 Å². The number of carbonyl (C=O) groups excluding carboxylic acids is 2. The van der Waals surface area contributed by atoms with Crippen LogP contribution >= 0.6 is 11.3 Å². The molecule has 2 aliphatic heterocycles. The first-order chi connectivity index (χ1) is 12.2. The highest BCUT2D eigenvalue weighted by Gasteiger charge is 2.49. The molecule has 6 heteroatoms. The van der Waals surface area contributed by atoms with E-state index in [0.29, 0.717) is 25.9 Å². The van der Waals surface area contributed by atoms with Crippen molar-refractivity contribution < 1.29 is 9.59 Å². The van der Waals surface area contributed by atoms with Gasteiger partial charge < -0.3 is 10.2 Å². The van der Waals surface area contributed by atoms with Gasteiger partial charge in [-0.3, -0.25) is 14.6 Å². The van der Waals surface area contributed by atoms with Gasteiger partial charge in [-0.1, -0.05) is 6.07 Å². The maximum absolute atomic E-state index is 12.5. The van der Waals surface area contributed by atoms with Crippen LogP contribution in [0.4, 0.5) is 0 Å². The van der Waals surface area contributed by atoms with Gasteiger partial charge in [0, 0.05) is 37.8 Å². The van der Waals surface area contributed by atoms with Gasteiger partial charge in [0.05, 0.1) is 12.0 Å². The zero-order valence-corrected chi connectivity index (χ0v) is 14.8. The minimum Gasteiger partial charge on any atom is -0.350 e. The van der Waals surface area contributed by atoms with Crippen LogP contribution < -0.4 is 5.32 Å². The summed E-state index contributed by atoms with van der Waals surface area (Å²) in [4.78, 5) is 30.8. The second kappa shape index (κ2) is 6.59. The van der Waals surface area contributed by atoms with E-state index in [0.717, 1.165) is 24.0 Å². The summed E-state index contributed by atoms with van der Waals surface area (Å²) in [5.41, 5.74) is 1.95. The van der Waals surface area contributed by atoms with Crippen molar-refractivity contribution in [3.63, 3.8) is 0 Å². The van der Waals surface area contributed by atoms with Crippen molar-refractivity contribution in [1.82, 2.24) is 15.2 Å². The quantitative estimate of drug-likeness (QED) is 0.919. The Morgan fingerprint density at radius 1 is 1.36 bits per heavy atom. The smallest absolute Gasteiger partial charge is 0.227 e. The number of hydrogen-bond donors (Lipinski definition) is 1. The monoisotopic (exact) mass is 355 g/mol. The minimum absolute atomic E-state index is 0.104. The SMILES string of the molecule is O=C1C[C@H](c2cccnc2)C2(CCN(C(=O)Cc3ccsc3)CC2)N1.